The second-order valence-electron chi connectivity index (χ2n) is 4.45. The number of carbonyl (C=O) groups excluding carboxylic acids is 1. The zero-order chi connectivity index (χ0) is 13.8. The molecule has 1 amide bonds. The van der Waals surface area contributed by atoms with E-state index in [1.807, 2.05) is 6.07 Å². The van der Waals surface area contributed by atoms with Crippen LogP contribution in [-0.4, -0.2) is 36.0 Å². The molecule has 1 aromatic heterocycles. The van der Waals surface area contributed by atoms with Crippen LogP contribution in [0.3, 0.4) is 0 Å². The molecule has 0 bridgehead atoms. The minimum atomic E-state index is -0.546. The van der Waals surface area contributed by atoms with Crippen LogP contribution in [0, 0.1) is 0 Å². The molecular formula is C13H17ClN2O3. The molecule has 2 heterocycles. The Bertz CT molecular complexity index is 436. The number of methoxy groups -OCH3 is 1. The summed E-state index contributed by atoms with van der Waals surface area (Å²) in [6.07, 6.45) is 2.29. The molecule has 0 aromatic carbocycles. The van der Waals surface area contributed by atoms with Crippen LogP contribution in [-0.2, 0) is 9.53 Å². The zero-order valence-electron chi connectivity index (χ0n) is 10.9. The number of rotatable bonds is 4. The molecule has 1 saturated heterocycles. The lowest BCUT2D eigenvalue weighted by Gasteiger charge is -2.20. The van der Waals surface area contributed by atoms with Crippen molar-refractivity contribution in [3.05, 3.63) is 23.9 Å². The highest BCUT2D eigenvalue weighted by Gasteiger charge is 2.31. The molecule has 0 spiro atoms. The maximum Gasteiger partial charge on any atom is 0.238 e. The number of alkyl halides is 1. The Kier molecular flexibility index (Phi) is 4.61. The van der Waals surface area contributed by atoms with Crippen LogP contribution < -0.4 is 10.1 Å². The minimum absolute atomic E-state index is 0.0658. The van der Waals surface area contributed by atoms with Crippen molar-refractivity contribution >= 4 is 17.5 Å². The number of pyridine rings is 1. The van der Waals surface area contributed by atoms with Crippen LogP contribution in [0.2, 0.25) is 0 Å². The summed E-state index contributed by atoms with van der Waals surface area (Å²) in [6.45, 7) is 2.26. The van der Waals surface area contributed by atoms with Crippen molar-refractivity contribution in [3.8, 4) is 5.88 Å². The molecule has 0 saturated carbocycles. The molecule has 0 radical (unpaired) electrons. The Morgan fingerprint density at radius 2 is 2.42 bits per heavy atom. The summed E-state index contributed by atoms with van der Waals surface area (Å²) in [4.78, 5) is 15.8. The van der Waals surface area contributed by atoms with Gasteiger partial charge in [-0.1, -0.05) is 0 Å². The highest BCUT2D eigenvalue weighted by Crippen LogP contribution is 2.29. The Labute approximate surface area is 117 Å². The van der Waals surface area contributed by atoms with Crippen LogP contribution in [0.25, 0.3) is 0 Å². The van der Waals surface area contributed by atoms with Gasteiger partial charge in [0.1, 0.15) is 11.5 Å². The summed E-state index contributed by atoms with van der Waals surface area (Å²) in [5.74, 6) is 0.375. The number of hydrogen-bond donors (Lipinski definition) is 1. The molecule has 1 aromatic rings. The van der Waals surface area contributed by atoms with Gasteiger partial charge >= 0.3 is 0 Å². The number of amides is 1. The number of carbonyl (C=O) groups is 1. The Morgan fingerprint density at radius 1 is 1.63 bits per heavy atom. The molecule has 19 heavy (non-hydrogen) atoms. The highest BCUT2D eigenvalue weighted by atomic mass is 35.5. The molecule has 1 unspecified atom stereocenters. The molecule has 6 heteroatoms. The van der Waals surface area contributed by atoms with Crippen molar-refractivity contribution in [2.75, 3.05) is 13.7 Å². The maximum absolute atomic E-state index is 11.6. The number of ether oxygens (including phenoxy) is 2. The van der Waals surface area contributed by atoms with Crippen LogP contribution in [0.1, 0.15) is 25.0 Å². The molecular weight excluding hydrogens is 268 g/mol. The Balaban J connectivity index is 2.07. The van der Waals surface area contributed by atoms with E-state index in [0.29, 0.717) is 12.5 Å². The molecule has 1 N–H and O–H groups in total. The fourth-order valence-electron chi connectivity index (χ4n) is 2.04. The van der Waals surface area contributed by atoms with Crippen LogP contribution in [0.5, 0.6) is 5.88 Å². The van der Waals surface area contributed by atoms with Gasteiger partial charge in [0.15, 0.2) is 0 Å². The molecule has 2 rings (SSSR count). The van der Waals surface area contributed by atoms with Gasteiger partial charge in [0.2, 0.25) is 11.8 Å². The predicted octanol–water partition coefficient (Wildman–Crippen LogP) is 1.66. The molecule has 1 fully saturated rings. The number of hydrogen-bond acceptors (Lipinski definition) is 4. The van der Waals surface area contributed by atoms with E-state index in [1.165, 1.54) is 0 Å². The van der Waals surface area contributed by atoms with E-state index < -0.39 is 5.38 Å². The predicted molar refractivity (Wildman–Crippen MR) is 71.3 cm³/mol. The van der Waals surface area contributed by atoms with Gasteiger partial charge < -0.3 is 14.8 Å². The van der Waals surface area contributed by atoms with Crippen molar-refractivity contribution in [2.45, 2.75) is 30.9 Å². The lowest BCUT2D eigenvalue weighted by atomic mass is 10.0. The van der Waals surface area contributed by atoms with E-state index in [-0.39, 0.29) is 18.1 Å². The average molecular weight is 285 g/mol. The van der Waals surface area contributed by atoms with Gasteiger partial charge in [-0.2, -0.15) is 0 Å². The minimum Gasteiger partial charge on any atom is -0.481 e. The summed E-state index contributed by atoms with van der Waals surface area (Å²) in [6, 6.07) is 3.61. The van der Waals surface area contributed by atoms with Crippen molar-refractivity contribution in [2.24, 2.45) is 0 Å². The maximum atomic E-state index is 11.6. The number of nitrogens with one attached hydrogen (secondary N) is 1. The number of halogens is 1. The largest absolute Gasteiger partial charge is 0.481 e. The van der Waals surface area contributed by atoms with Gasteiger partial charge in [0.25, 0.3) is 0 Å². The second-order valence-corrected chi connectivity index (χ2v) is 5.10. The van der Waals surface area contributed by atoms with Crippen LogP contribution >= 0.6 is 11.6 Å². The monoisotopic (exact) mass is 284 g/mol. The normalized spacial score (nSPS) is 23.9. The molecule has 104 valence electrons. The van der Waals surface area contributed by atoms with E-state index in [9.17, 15) is 4.79 Å². The first-order chi connectivity index (χ1) is 9.11. The third-order valence-corrected chi connectivity index (χ3v) is 3.28. The smallest absolute Gasteiger partial charge is 0.238 e. The first kappa shape index (κ1) is 14.1. The van der Waals surface area contributed by atoms with E-state index in [2.05, 4.69) is 10.3 Å². The van der Waals surface area contributed by atoms with Gasteiger partial charge in [0, 0.05) is 24.4 Å². The Hall–Kier alpha value is -1.33. The van der Waals surface area contributed by atoms with Gasteiger partial charge in [0.05, 0.1) is 13.2 Å². The van der Waals surface area contributed by atoms with E-state index >= 15 is 0 Å². The quantitative estimate of drug-likeness (QED) is 0.855. The first-order valence-corrected chi connectivity index (χ1v) is 6.61. The van der Waals surface area contributed by atoms with Gasteiger partial charge in [-0.15, -0.1) is 11.6 Å². The van der Waals surface area contributed by atoms with Gasteiger partial charge in [-0.25, -0.2) is 4.98 Å². The number of aromatic nitrogens is 1. The van der Waals surface area contributed by atoms with Gasteiger partial charge in [-0.3, -0.25) is 4.79 Å². The summed E-state index contributed by atoms with van der Waals surface area (Å²) >= 11 is 5.76. The lowest BCUT2D eigenvalue weighted by molar-refractivity contribution is -0.121. The molecule has 1 aliphatic heterocycles. The Morgan fingerprint density at radius 3 is 3.00 bits per heavy atom. The van der Waals surface area contributed by atoms with E-state index in [4.69, 9.17) is 21.1 Å². The SMILES string of the molecule is COc1ccc([C@@H]2OCC[C@H]2NC(=O)C(C)Cl)cn1. The summed E-state index contributed by atoms with van der Waals surface area (Å²) in [5.41, 5.74) is 0.922. The highest BCUT2D eigenvalue weighted by molar-refractivity contribution is 6.30. The van der Waals surface area contributed by atoms with E-state index in [0.717, 1.165) is 12.0 Å². The average Bonchev–Trinajstić information content (AvgIpc) is 2.87. The van der Waals surface area contributed by atoms with Crippen molar-refractivity contribution in [1.29, 1.82) is 0 Å². The molecule has 1 aliphatic rings. The lowest BCUT2D eigenvalue weighted by Crippen LogP contribution is -2.40. The second kappa shape index (κ2) is 6.21. The first-order valence-electron chi connectivity index (χ1n) is 6.18. The third-order valence-electron chi connectivity index (χ3n) is 3.08. The summed E-state index contributed by atoms with van der Waals surface area (Å²) in [7, 11) is 1.57. The molecule has 3 atom stereocenters. The fourth-order valence-corrected chi connectivity index (χ4v) is 2.11. The summed E-state index contributed by atoms with van der Waals surface area (Å²) in [5, 5.41) is 2.35. The van der Waals surface area contributed by atoms with E-state index in [1.54, 1.807) is 26.3 Å². The van der Waals surface area contributed by atoms with Crippen LogP contribution in [0.4, 0.5) is 0 Å². The third kappa shape index (κ3) is 3.36. The molecule has 0 aliphatic carbocycles. The van der Waals surface area contributed by atoms with Gasteiger partial charge in [-0.05, 0) is 19.4 Å². The van der Waals surface area contributed by atoms with Crippen molar-refractivity contribution in [3.63, 3.8) is 0 Å². The molecule has 5 nitrogen and oxygen atoms in total. The van der Waals surface area contributed by atoms with Crippen molar-refractivity contribution in [1.82, 2.24) is 10.3 Å². The van der Waals surface area contributed by atoms with Crippen LogP contribution in [0.15, 0.2) is 18.3 Å². The fraction of sp³-hybridized carbons (Fsp3) is 0.538. The standard InChI is InChI=1S/C13H17ClN2O3/c1-8(14)13(17)16-10-5-6-19-12(10)9-3-4-11(18-2)15-7-9/h3-4,7-8,10,12H,5-6H2,1-2H3,(H,16,17)/t8?,10-,12+/m1/s1. The zero-order valence-corrected chi connectivity index (χ0v) is 11.7. The number of nitrogens with zero attached hydrogens (tertiary/aromatic N) is 1. The topological polar surface area (TPSA) is 60.5 Å². The van der Waals surface area contributed by atoms with Crippen molar-refractivity contribution < 1.29 is 14.3 Å². The summed E-state index contributed by atoms with van der Waals surface area (Å²) < 4.78 is 10.7.